The second-order valence-corrected chi connectivity index (χ2v) is 4.09. The number of nitrogens with two attached hydrogens (primary N) is 1. The monoisotopic (exact) mass is 248 g/mol. The third kappa shape index (κ3) is 2.57. The summed E-state index contributed by atoms with van der Waals surface area (Å²) in [5.74, 6) is 0.728. The summed E-state index contributed by atoms with van der Waals surface area (Å²) >= 11 is 5.98. The summed E-state index contributed by atoms with van der Waals surface area (Å²) in [4.78, 5) is 4.06. The van der Waals surface area contributed by atoms with Crippen LogP contribution in [0.5, 0.6) is 5.75 Å². The van der Waals surface area contributed by atoms with Gasteiger partial charge in [0, 0.05) is 23.0 Å². The van der Waals surface area contributed by atoms with Gasteiger partial charge >= 0.3 is 0 Å². The van der Waals surface area contributed by atoms with Crippen molar-refractivity contribution in [2.24, 2.45) is 5.73 Å². The van der Waals surface area contributed by atoms with Gasteiger partial charge in [0.15, 0.2) is 0 Å². The second-order valence-electron chi connectivity index (χ2n) is 3.65. The van der Waals surface area contributed by atoms with Crippen molar-refractivity contribution in [2.45, 2.75) is 6.04 Å². The van der Waals surface area contributed by atoms with Gasteiger partial charge in [-0.25, -0.2) is 0 Å². The number of methoxy groups -OCH3 is 1. The van der Waals surface area contributed by atoms with Crippen LogP contribution in [0, 0.1) is 0 Å². The summed E-state index contributed by atoms with van der Waals surface area (Å²) in [6.45, 7) is 0. The molecule has 1 aromatic heterocycles. The highest BCUT2D eigenvalue weighted by Gasteiger charge is 2.14. The van der Waals surface area contributed by atoms with E-state index in [9.17, 15) is 0 Å². The van der Waals surface area contributed by atoms with Crippen LogP contribution in [0.2, 0.25) is 5.02 Å². The van der Waals surface area contributed by atoms with Gasteiger partial charge in [0.25, 0.3) is 0 Å². The minimum atomic E-state index is -0.294. The van der Waals surface area contributed by atoms with Crippen LogP contribution in [0.25, 0.3) is 0 Å². The van der Waals surface area contributed by atoms with E-state index in [0.717, 1.165) is 16.9 Å². The van der Waals surface area contributed by atoms with Crippen molar-refractivity contribution < 1.29 is 4.74 Å². The van der Waals surface area contributed by atoms with Crippen LogP contribution in [0.3, 0.4) is 0 Å². The number of rotatable bonds is 3. The Morgan fingerprint density at radius 3 is 2.82 bits per heavy atom. The van der Waals surface area contributed by atoms with E-state index in [-0.39, 0.29) is 6.04 Å². The molecule has 1 heterocycles. The molecule has 0 saturated heterocycles. The predicted molar refractivity (Wildman–Crippen MR) is 68.3 cm³/mol. The maximum Gasteiger partial charge on any atom is 0.124 e. The third-order valence-electron chi connectivity index (χ3n) is 2.57. The number of pyridine rings is 1. The fraction of sp³-hybridized carbons (Fsp3) is 0.154. The Labute approximate surface area is 105 Å². The lowest BCUT2D eigenvalue weighted by molar-refractivity contribution is 0.408. The fourth-order valence-corrected chi connectivity index (χ4v) is 1.87. The number of hydrogen-bond donors (Lipinski definition) is 1. The van der Waals surface area contributed by atoms with Crippen molar-refractivity contribution >= 4 is 11.6 Å². The molecule has 0 amide bonds. The lowest BCUT2D eigenvalue weighted by Gasteiger charge is -2.16. The van der Waals surface area contributed by atoms with Crippen LogP contribution in [0.4, 0.5) is 0 Å². The molecule has 0 radical (unpaired) electrons. The van der Waals surface area contributed by atoms with Crippen molar-refractivity contribution in [3.63, 3.8) is 0 Å². The predicted octanol–water partition coefficient (Wildman–Crippen LogP) is 2.79. The highest BCUT2D eigenvalue weighted by atomic mass is 35.5. The lowest BCUT2D eigenvalue weighted by atomic mass is 10.0. The molecule has 0 aliphatic heterocycles. The van der Waals surface area contributed by atoms with Crippen molar-refractivity contribution in [3.05, 3.63) is 58.9 Å². The minimum absolute atomic E-state index is 0.294. The SMILES string of the molecule is COc1ccc(Cl)cc1C(N)c1cccnc1. The quantitative estimate of drug-likeness (QED) is 0.909. The van der Waals surface area contributed by atoms with Crippen LogP contribution in [-0.2, 0) is 0 Å². The highest BCUT2D eigenvalue weighted by Crippen LogP contribution is 2.30. The zero-order valence-electron chi connectivity index (χ0n) is 9.43. The molecule has 0 saturated carbocycles. The van der Waals surface area contributed by atoms with E-state index in [1.807, 2.05) is 24.3 Å². The molecular formula is C13H13ClN2O. The summed E-state index contributed by atoms with van der Waals surface area (Å²) in [5, 5.41) is 0.639. The van der Waals surface area contributed by atoms with E-state index in [1.165, 1.54) is 0 Å². The molecule has 0 aliphatic carbocycles. The fourth-order valence-electron chi connectivity index (χ4n) is 1.69. The van der Waals surface area contributed by atoms with Crippen molar-refractivity contribution in [1.29, 1.82) is 0 Å². The molecule has 0 fully saturated rings. The smallest absolute Gasteiger partial charge is 0.124 e. The Balaban J connectivity index is 2.43. The standard InChI is InChI=1S/C13H13ClN2O/c1-17-12-5-4-10(14)7-11(12)13(15)9-3-2-6-16-8-9/h2-8,13H,15H2,1H3. The van der Waals surface area contributed by atoms with E-state index in [4.69, 9.17) is 22.1 Å². The second kappa shape index (κ2) is 5.17. The van der Waals surface area contributed by atoms with Crippen molar-refractivity contribution in [1.82, 2.24) is 4.98 Å². The van der Waals surface area contributed by atoms with Gasteiger partial charge in [-0.2, -0.15) is 0 Å². The van der Waals surface area contributed by atoms with Gasteiger partial charge in [0.2, 0.25) is 0 Å². The van der Waals surface area contributed by atoms with Crippen LogP contribution < -0.4 is 10.5 Å². The molecule has 1 unspecified atom stereocenters. The van der Waals surface area contributed by atoms with Gasteiger partial charge in [-0.05, 0) is 29.8 Å². The number of ether oxygens (including phenoxy) is 1. The van der Waals surface area contributed by atoms with Gasteiger partial charge in [0.1, 0.15) is 5.75 Å². The first-order valence-electron chi connectivity index (χ1n) is 5.21. The van der Waals surface area contributed by atoms with Gasteiger partial charge in [-0.1, -0.05) is 17.7 Å². The largest absolute Gasteiger partial charge is 0.496 e. The number of benzene rings is 1. The number of hydrogen-bond acceptors (Lipinski definition) is 3. The first kappa shape index (κ1) is 11.9. The van der Waals surface area contributed by atoms with Gasteiger partial charge in [0.05, 0.1) is 13.2 Å². The molecule has 2 N–H and O–H groups in total. The molecule has 0 spiro atoms. The summed E-state index contributed by atoms with van der Waals surface area (Å²) in [7, 11) is 1.61. The molecular weight excluding hydrogens is 236 g/mol. The molecule has 88 valence electrons. The minimum Gasteiger partial charge on any atom is -0.496 e. The van der Waals surface area contributed by atoms with E-state index >= 15 is 0 Å². The summed E-state index contributed by atoms with van der Waals surface area (Å²) in [6.07, 6.45) is 3.45. The normalized spacial score (nSPS) is 12.2. The van der Waals surface area contributed by atoms with Crippen LogP contribution >= 0.6 is 11.6 Å². The van der Waals surface area contributed by atoms with Gasteiger partial charge in [-0.15, -0.1) is 0 Å². The first-order chi connectivity index (χ1) is 8.22. The molecule has 2 aromatic rings. The third-order valence-corrected chi connectivity index (χ3v) is 2.81. The summed E-state index contributed by atoms with van der Waals surface area (Å²) in [5.41, 5.74) is 7.96. The van der Waals surface area contributed by atoms with Crippen LogP contribution in [0.1, 0.15) is 17.2 Å². The average Bonchev–Trinajstić information content (AvgIpc) is 2.39. The van der Waals surface area contributed by atoms with Gasteiger partial charge in [-0.3, -0.25) is 4.98 Å². The maximum absolute atomic E-state index is 6.18. The zero-order valence-corrected chi connectivity index (χ0v) is 10.2. The van der Waals surface area contributed by atoms with Crippen LogP contribution in [-0.4, -0.2) is 12.1 Å². The Hall–Kier alpha value is -1.58. The number of aromatic nitrogens is 1. The lowest BCUT2D eigenvalue weighted by Crippen LogP contribution is -2.13. The van der Waals surface area contributed by atoms with E-state index in [1.54, 1.807) is 25.6 Å². The van der Waals surface area contributed by atoms with Crippen LogP contribution in [0.15, 0.2) is 42.7 Å². The average molecular weight is 249 g/mol. The Morgan fingerprint density at radius 2 is 2.18 bits per heavy atom. The van der Waals surface area contributed by atoms with E-state index < -0.39 is 0 Å². The molecule has 17 heavy (non-hydrogen) atoms. The molecule has 2 rings (SSSR count). The van der Waals surface area contributed by atoms with E-state index in [2.05, 4.69) is 4.98 Å². The zero-order chi connectivity index (χ0) is 12.3. The Kier molecular flexibility index (Phi) is 3.61. The highest BCUT2D eigenvalue weighted by molar-refractivity contribution is 6.30. The molecule has 0 bridgehead atoms. The number of nitrogens with zero attached hydrogens (tertiary/aromatic N) is 1. The molecule has 1 aromatic carbocycles. The molecule has 1 atom stereocenters. The van der Waals surface area contributed by atoms with E-state index in [0.29, 0.717) is 5.02 Å². The molecule has 4 heteroatoms. The molecule has 0 aliphatic rings. The molecule has 3 nitrogen and oxygen atoms in total. The first-order valence-corrected chi connectivity index (χ1v) is 5.59. The maximum atomic E-state index is 6.18. The summed E-state index contributed by atoms with van der Waals surface area (Å²) < 4.78 is 5.28. The Bertz CT molecular complexity index is 502. The number of halogens is 1. The summed E-state index contributed by atoms with van der Waals surface area (Å²) in [6, 6.07) is 8.90. The Morgan fingerprint density at radius 1 is 1.35 bits per heavy atom. The van der Waals surface area contributed by atoms with Crippen molar-refractivity contribution in [2.75, 3.05) is 7.11 Å². The topological polar surface area (TPSA) is 48.1 Å². The van der Waals surface area contributed by atoms with Crippen molar-refractivity contribution in [3.8, 4) is 5.75 Å². The van der Waals surface area contributed by atoms with Gasteiger partial charge < -0.3 is 10.5 Å².